The third-order valence-corrected chi connectivity index (χ3v) is 4.49. The summed E-state index contributed by atoms with van der Waals surface area (Å²) in [6.45, 7) is 2.20. The quantitative estimate of drug-likeness (QED) is 0.688. The molecule has 0 aromatic heterocycles. The average molecular weight is 351 g/mol. The van der Waals surface area contributed by atoms with Crippen LogP contribution in [0.4, 0.5) is 14.5 Å². The minimum Gasteiger partial charge on any atom is -0.497 e. The minimum absolute atomic E-state index is 0.121. The second-order valence-electron chi connectivity index (χ2n) is 5.01. The zero-order valence-electron chi connectivity index (χ0n) is 13.6. The van der Waals surface area contributed by atoms with Crippen molar-refractivity contribution in [1.82, 2.24) is 0 Å². The zero-order chi connectivity index (χ0) is 17.5. The number of nitrogens with zero attached hydrogens (tertiary/aromatic N) is 1. The van der Waals surface area contributed by atoms with Crippen LogP contribution in [0.3, 0.4) is 0 Å². The molecule has 3 nitrogen and oxygen atoms in total. The van der Waals surface area contributed by atoms with Gasteiger partial charge in [-0.15, -0.1) is 11.8 Å². The van der Waals surface area contributed by atoms with Crippen LogP contribution in [-0.2, 0) is 4.79 Å². The molecule has 2 rings (SSSR count). The highest BCUT2D eigenvalue weighted by Gasteiger charge is 2.15. The van der Waals surface area contributed by atoms with Crippen LogP contribution in [0.1, 0.15) is 13.3 Å². The summed E-state index contributed by atoms with van der Waals surface area (Å²) in [6.07, 6.45) is 0.309. The van der Waals surface area contributed by atoms with E-state index in [4.69, 9.17) is 4.74 Å². The van der Waals surface area contributed by atoms with Crippen molar-refractivity contribution in [2.75, 3.05) is 24.3 Å². The second kappa shape index (κ2) is 8.68. The van der Waals surface area contributed by atoms with Gasteiger partial charge in [-0.05, 0) is 43.3 Å². The molecule has 6 heteroatoms. The molecule has 0 aliphatic rings. The molecule has 0 saturated carbocycles. The predicted molar refractivity (Wildman–Crippen MR) is 92.7 cm³/mol. The van der Waals surface area contributed by atoms with Crippen molar-refractivity contribution in [1.29, 1.82) is 0 Å². The first-order valence-corrected chi connectivity index (χ1v) is 8.56. The van der Waals surface area contributed by atoms with Gasteiger partial charge in [0, 0.05) is 35.4 Å². The maximum absolute atomic E-state index is 13.3. The van der Waals surface area contributed by atoms with Crippen molar-refractivity contribution in [3.8, 4) is 5.75 Å². The van der Waals surface area contributed by atoms with Crippen LogP contribution in [0.5, 0.6) is 5.75 Å². The number of anilines is 1. The Labute approximate surface area is 144 Å². The lowest BCUT2D eigenvalue weighted by Gasteiger charge is -2.21. The summed E-state index contributed by atoms with van der Waals surface area (Å²) in [6, 6.07) is 11.1. The second-order valence-corrected chi connectivity index (χ2v) is 6.18. The van der Waals surface area contributed by atoms with Gasteiger partial charge < -0.3 is 9.64 Å². The number of hydrogen-bond donors (Lipinski definition) is 0. The smallest absolute Gasteiger partial charge is 0.227 e. The van der Waals surface area contributed by atoms with E-state index in [0.29, 0.717) is 24.4 Å². The van der Waals surface area contributed by atoms with Gasteiger partial charge in [-0.25, -0.2) is 8.78 Å². The molecule has 0 bridgehead atoms. The van der Waals surface area contributed by atoms with Gasteiger partial charge in [0.25, 0.3) is 0 Å². The standard InChI is InChI=1S/C18H19F2NO2S/c1-3-21(13-4-9-16(19)17(20)12-13)18(22)10-11-24-15-7-5-14(23-2)6-8-15/h4-9,12H,3,10-11H2,1-2H3. The average Bonchev–Trinajstić information content (AvgIpc) is 2.59. The van der Waals surface area contributed by atoms with Crippen molar-refractivity contribution in [2.45, 2.75) is 18.2 Å². The Hall–Kier alpha value is -2.08. The van der Waals surface area contributed by atoms with Crippen LogP contribution < -0.4 is 9.64 Å². The van der Waals surface area contributed by atoms with E-state index < -0.39 is 11.6 Å². The Morgan fingerprint density at radius 2 is 1.83 bits per heavy atom. The maximum atomic E-state index is 13.3. The molecule has 0 unspecified atom stereocenters. The number of carbonyl (C=O) groups excluding carboxylic acids is 1. The minimum atomic E-state index is -0.952. The topological polar surface area (TPSA) is 29.5 Å². The summed E-state index contributed by atoms with van der Waals surface area (Å²) in [4.78, 5) is 14.8. The fourth-order valence-electron chi connectivity index (χ4n) is 2.22. The fraction of sp³-hybridized carbons (Fsp3) is 0.278. The zero-order valence-corrected chi connectivity index (χ0v) is 14.4. The summed E-state index contributed by atoms with van der Waals surface area (Å²) in [7, 11) is 1.61. The Balaban J connectivity index is 1.92. The summed E-state index contributed by atoms with van der Waals surface area (Å²) >= 11 is 1.56. The molecule has 0 N–H and O–H groups in total. The van der Waals surface area contributed by atoms with Gasteiger partial charge in [0.1, 0.15) is 5.75 Å². The van der Waals surface area contributed by atoms with E-state index in [1.54, 1.807) is 25.8 Å². The van der Waals surface area contributed by atoms with E-state index in [2.05, 4.69) is 0 Å². The molecular weight excluding hydrogens is 332 g/mol. The van der Waals surface area contributed by atoms with Gasteiger partial charge in [0.05, 0.1) is 7.11 Å². The molecule has 0 radical (unpaired) electrons. The summed E-state index contributed by atoms with van der Waals surface area (Å²) in [5.74, 6) is -0.607. The molecule has 1 amide bonds. The highest BCUT2D eigenvalue weighted by molar-refractivity contribution is 7.99. The van der Waals surface area contributed by atoms with Crippen molar-refractivity contribution in [3.63, 3.8) is 0 Å². The Kier molecular flexibility index (Phi) is 6.61. The number of methoxy groups -OCH3 is 1. The number of halogens is 2. The summed E-state index contributed by atoms with van der Waals surface area (Å²) in [5, 5.41) is 0. The lowest BCUT2D eigenvalue weighted by molar-refractivity contribution is -0.118. The van der Waals surface area contributed by atoms with Crippen LogP contribution in [0.15, 0.2) is 47.4 Å². The molecular formula is C18H19F2NO2S. The molecule has 2 aromatic carbocycles. The molecule has 0 spiro atoms. The van der Waals surface area contributed by atoms with Crippen molar-refractivity contribution >= 4 is 23.4 Å². The lowest BCUT2D eigenvalue weighted by Crippen LogP contribution is -2.30. The number of carbonyl (C=O) groups is 1. The first-order valence-electron chi connectivity index (χ1n) is 7.57. The lowest BCUT2D eigenvalue weighted by atomic mass is 10.2. The van der Waals surface area contributed by atoms with Crippen LogP contribution in [0.2, 0.25) is 0 Å². The van der Waals surface area contributed by atoms with E-state index in [-0.39, 0.29) is 5.91 Å². The third kappa shape index (κ3) is 4.71. The Morgan fingerprint density at radius 1 is 1.12 bits per heavy atom. The van der Waals surface area contributed by atoms with Gasteiger partial charge in [-0.2, -0.15) is 0 Å². The van der Waals surface area contributed by atoms with Gasteiger partial charge in [-0.3, -0.25) is 4.79 Å². The van der Waals surface area contributed by atoms with Crippen LogP contribution >= 0.6 is 11.8 Å². The van der Waals surface area contributed by atoms with Gasteiger partial charge in [-0.1, -0.05) is 0 Å². The molecule has 0 saturated heterocycles. The first-order chi connectivity index (χ1) is 11.5. The normalized spacial score (nSPS) is 10.5. The van der Waals surface area contributed by atoms with Gasteiger partial charge in [0.15, 0.2) is 11.6 Å². The van der Waals surface area contributed by atoms with E-state index in [9.17, 15) is 13.6 Å². The van der Waals surface area contributed by atoms with Crippen molar-refractivity contribution in [2.24, 2.45) is 0 Å². The number of amides is 1. The van der Waals surface area contributed by atoms with E-state index in [0.717, 1.165) is 22.8 Å². The number of ether oxygens (including phenoxy) is 1. The number of rotatable bonds is 7. The molecule has 24 heavy (non-hydrogen) atoms. The highest BCUT2D eigenvalue weighted by atomic mass is 32.2. The Bertz CT molecular complexity index is 692. The third-order valence-electron chi connectivity index (χ3n) is 3.48. The van der Waals surface area contributed by atoms with E-state index in [1.165, 1.54) is 11.0 Å². The van der Waals surface area contributed by atoms with Crippen molar-refractivity contribution < 1.29 is 18.3 Å². The Morgan fingerprint density at radius 3 is 2.42 bits per heavy atom. The largest absolute Gasteiger partial charge is 0.497 e. The van der Waals surface area contributed by atoms with Gasteiger partial charge in [0.2, 0.25) is 5.91 Å². The molecule has 0 fully saturated rings. The molecule has 0 heterocycles. The SMILES string of the molecule is CCN(C(=O)CCSc1ccc(OC)cc1)c1ccc(F)c(F)c1. The molecule has 0 atom stereocenters. The monoisotopic (exact) mass is 351 g/mol. The number of benzene rings is 2. The van der Waals surface area contributed by atoms with Crippen molar-refractivity contribution in [3.05, 3.63) is 54.1 Å². The number of thioether (sulfide) groups is 1. The number of hydrogen-bond acceptors (Lipinski definition) is 3. The highest BCUT2D eigenvalue weighted by Crippen LogP contribution is 2.23. The van der Waals surface area contributed by atoms with Crippen LogP contribution in [0.25, 0.3) is 0 Å². The van der Waals surface area contributed by atoms with Crippen LogP contribution in [-0.4, -0.2) is 25.3 Å². The molecule has 0 aliphatic heterocycles. The fourth-order valence-corrected chi connectivity index (χ4v) is 3.06. The summed E-state index contributed by atoms with van der Waals surface area (Å²) < 4.78 is 31.5. The molecule has 0 aliphatic carbocycles. The maximum Gasteiger partial charge on any atom is 0.227 e. The van der Waals surface area contributed by atoms with Crippen LogP contribution in [0, 0.1) is 11.6 Å². The van der Waals surface area contributed by atoms with Gasteiger partial charge >= 0.3 is 0 Å². The molecule has 128 valence electrons. The van der Waals surface area contributed by atoms with E-state index >= 15 is 0 Å². The predicted octanol–water partition coefficient (Wildman–Crippen LogP) is 4.51. The summed E-state index contributed by atoms with van der Waals surface area (Å²) in [5.41, 5.74) is 0.371. The molecule has 2 aromatic rings. The first kappa shape index (κ1) is 18.3. The van der Waals surface area contributed by atoms with E-state index in [1.807, 2.05) is 24.3 Å².